The summed E-state index contributed by atoms with van der Waals surface area (Å²) in [6.45, 7) is 5.25. The van der Waals surface area contributed by atoms with E-state index in [0.29, 0.717) is 31.0 Å². The molecule has 3 rings (SSSR count). The van der Waals surface area contributed by atoms with Crippen LogP contribution in [-0.2, 0) is 11.2 Å². The summed E-state index contributed by atoms with van der Waals surface area (Å²) in [7, 11) is 0. The second-order valence-electron chi connectivity index (χ2n) is 6.63. The van der Waals surface area contributed by atoms with E-state index in [9.17, 15) is 9.59 Å². The Hall–Kier alpha value is -2.77. The lowest BCUT2D eigenvalue weighted by Crippen LogP contribution is -2.48. The Kier molecular flexibility index (Phi) is 5.60. The van der Waals surface area contributed by atoms with Crippen molar-refractivity contribution in [2.24, 2.45) is 0 Å². The predicted octanol–water partition coefficient (Wildman–Crippen LogP) is 0.895. The highest BCUT2D eigenvalue weighted by Crippen LogP contribution is 2.16. The molecule has 0 spiro atoms. The van der Waals surface area contributed by atoms with Crippen LogP contribution in [0.2, 0.25) is 0 Å². The number of aromatic nitrogens is 4. The van der Waals surface area contributed by atoms with Crippen LogP contribution < -0.4 is 15.9 Å². The average Bonchev–Trinajstić information content (AvgIpc) is 2.62. The number of nitrogens with one attached hydrogen (secondary N) is 2. The fraction of sp³-hybridized carbons (Fsp3) is 0.500. The van der Waals surface area contributed by atoms with Crippen LogP contribution in [0, 0.1) is 13.8 Å². The third kappa shape index (κ3) is 4.44. The van der Waals surface area contributed by atoms with Crippen molar-refractivity contribution in [1.29, 1.82) is 0 Å². The quantitative estimate of drug-likeness (QED) is 0.825. The number of aromatic amines is 1. The predicted molar refractivity (Wildman–Crippen MR) is 98.1 cm³/mol. The van der Waals surface area contributed by atoms with E-state index < -0.39 is 0 Å². The molecule has 2 aromatic rings. The van der Waals surface area contributed by atoms with Crippen LogP contribution in [0.15, 0.2) is 23.3 Å². The summed E-state index contributed by atoms with van der Waals surface area (Å²) in [4.78, 5) is 41.0. The van der Waals surface area contributed by atoms with Gasteiger partial charge in [0.1, 0.15) is 0 Å². The van der Waals surface area contributed by atoms with Gasteiger partial charge in [0.25, 0.3) is 0 Å². The molecular formula is C18H24N6O2. The number of hydrogen-bond donors (Lipinski definition) is 2. The minimum atomic E-state index is -0.348. The highest BCUT2D eigenvalue weighted by atomic mass is 16.1. The van der Waals surface area contributed by atoms with Gasteiger partial charge in [0.2, 0.25) is 11.9 Å². The highest BCUT2D eigenvalue weighted by Gasteiger charge is 2.23. The molecule has 1 amide bonds. The Bertz CT molecular complexity index is 794. The van der Waals surface area contributed by atoms with Crippen molar-refractivity contribution in [1.82, 2.24) is 25.3 Å². The number of rotatable bonds is 5. The lowest BCUT2D eigenvalue weighted by atomic mass is 10.0. The van der Waals surface area contributed by atoms with Gasteiger partial charge in [0.05, 0.1) is 0 Å². The zero-order chi connectivity index (χ0) is 18.5. The lowest BCUT2D eigenvalue weighted by molar-refractivity contribution is -0.121. The largest absolute Gasteiger partial charge is 0.352 e. The van der Waals surface area contributed by atoms with Crippen molar-refractivity contribution in [3.8, 4) is 0 Å². The average molecular weight is 356 g/mol. The van der Waals surface area contributed by atoms with Crippen molar-refractivity contribution in [2.45, 2.75) is 45.6 Å². The first-order chi connectivity index (χ1) is 12.5. The van der Waals surface area contributed by atoms with Gasteiger partial charge >= 0.3 is 5.69 Å². The zero-order valence-electron chi connectivity index (χ0n) is 15.2. The summed E-state index contributed by atoms with van der Waals surface area (Å²) in [5.74, 6) is 0.716. The molecule has 138 valence electrons. The van der Waals surface area contributed by atoms with Crippen LogP contribution in [-0.4, -0.2) is 45.0 Å². The maximum atomic E-state index is 12.4. The summed E-state index contributed by atoms with van der Waals surface area (Å²) in [6.07, 6.45) is 6.33. The van der Waals surface area contributed by atoms with Crippen LogP contribution in [0.1, 0.15) is 36.2 Å². The fourth-order valence-electron chi connectivity index (χ4n) is 3.39. The van der Waals surface area contributed by atoms with Crippen LogP contribution in [0.3, 0.4) is 0 Å². The van der Waals surface area contributed by atoms with Crippen molar-refractivity contribution in [3.05, 3.63) is 45.9 Å². The third-order valence-corrected chi connectivity index (χ3v) is 4.68. The Morgan fingerprint density at radius 2 is 2.12 bits per heavy atom. The van der Waals surface area contributed by atoms with Gasteiger partial charge in [-0.2, -0.15) is 4.98 Å². The molecule has 8 nitrogen and oxygen atoms in total. The van der Waals surface area contributed by atoms with Gasteiger partial charge in [-0.25, -0.2) is 14.8 Å². The van der Waals surface area contributed by atoms with E-state index in [1.807, 2.05) is 6.92 Å². The van der Waals surface area contributed by atoms with Gasteiger partial charge in [0.15, 0.2) is 0 Å². The maximum Gasteiger partial charge on any atom is 0.345 e. The molecule has 0 saturated carbocycles. The molecule has 3 heterocycles. The minimum absolute atomic E-state index is 0.0100. The van der Waals surface area contributed by atoms with Crippen molar-refractivity contribution >= 4 is 11.9 Å². The first-order valence-corrected chi connectivity index (χ1v) is 8.90. The summed E-state index contributed by atoms with van der Waals surface area (Å²) >= 11 is 0. The molecule has 8 heteroatoms. The van der Waals surface area contributed by atoms with E-state index in [1.165, 1.54) is 0 Å². The number of aryl methyl sites for hydroxylation is 2. The van der Waals surface area contributed by atoms with Crippen molar-refractivity contribution in [2.75, 3.05) is 18.0 Å². The van der Waals surface area contributed by atoms with Crippen LogP contribution >= 0.6 is 0 Å². The SMILES string of the molecule is Cc1nc(=O)[nH]c(C)c1CCC(=O)N[C@H]1CCCN(c2ncccn2)C1. The van der Waals surface area contributed by atoms with E-state index in [-0.39, 0.29) is 17.6 Å². The number of amides is 1. The topological polar surface area (TPSA) is 104 Å². The second-order valence-corrected chi connectivity index (χ2v) is 6.63. The van der Waals surface area contributed by atoms with Crippen LogP contribution in [0.4, 0.5) is 5.95 Å². The standard InChI is InChI=1S/C18H24N6O2/c1-12-15(13(2)22-18(26)21-12)6-7-16(25)23-14-5-3-10-24(11-14)17-19-8-4-9-20-17/h4,8-9,14H,3,5-7,10-11H2,1-2H3,(H,23,25)(H,21,22,26)/t14-/m0/s1. The van der Waals surface area contributed by atoms with E-state index in [0.717, 1.165) is 30.6 Å². The van der Waals surface area contributed by atoms with E-state index in [1.54, 1.807) is 25.4 Å². The summed E-state index contributed by atoms with van der Waals surface area (Å²) in [6, 6.07) is 1.89. The fourth-order valence-corrected chi connectivity index (χ4v) is 3.39. The molecule has 26 heavy (non-hydrogen) atoms. The molecule has 1 aliphatic rings. The van der Waals surface area contributed by atoms with E-state index in [2.05, 4.69) is 30.2 Å². The van der Waals surface area contributed by atoms with Gasteiger partial charge in [-0.1, -0.05) is 0 Å². The Labute approximate surface area is 152 Å². The first-order valence-electron chi connectivity index (χ1n) is 8.90. The molecule has 0 unspecified atom stereocenters. The molecular weight excluding hydrogens is 332 g/mol. The van der Waals surface area contributed by atoms with Gasteiger partial charge in [0, 0.05) is 49.3 Å². The molecule has 0 aliphatic carbocycles. The summed E-state index contributed by atoms with van der Waals surface area (Å²) < 4.78 is 0. The van der Waals surface area contributed by atoms with E-state index in [4.69, 9.17) is 0 Å². The van der Waals surface area contributed by atoms with Gasteiger partial charge in [-0.15, -0.1) is 0 Å². The Balaban J connectivity index is 1.54. The van der Waals surface area contributed by atoms with Crippen LogP contribution in [0.5, 0.6) is 0 Å². The maximum absolute atomic E-state index is 12.4. The number of piperidine rings is 1. The molecule has 0 radical (unpaired) electrons. The molecule has 1 aliphatic heterocycles. The Morgan fingerprint density at radius 1 is 1.35 bits per heavy atom. The van der Waals surface area contributed by atoms with Gasteiger partial charge < -0.3 is 15.2 Å². The summed E-state index contributed by atoms with van der Waals surface area (Å²) in [5.41, 5.74) is 2.05. The zero-order valence-corrected chi connectivity index (χ0v) is 15.2. The minimum Gasteiger partial charge on any atom is -0.352 e. The number of carbonyl (C=O) groups is 1. The van der Waals surface area contributed by atoms with Gasteiger partial charge in [-0.05, 0) is 44.7 Å². The second kappa shape index (κ2) is 8.07. The highest BCUT2D eigenvalue weighted by molar-refractivity contribution is 5.76. The molecule has 0 bridgehead atoms. The lowest BCUT2D eigenvalue weighted by Gasteiger charge is -2.33. The van der Waals surface area contributed by atoms with E-state index >= 15 is 0 Å². The molecule has 1 atom stereocenters. The van der Waals surface area contributed by atoms with Crippen molar-refractivity contribution in [3.63, 3.8) is 0 Å². The number of carbonyl (C=O) groups excluding carboxylic acids is 1. The van der Waals surface area contributed by atoms with Gasteiger partial charge in [-0.3, -0.25) is 4.79 Å². The number of anilines is 1. The normalized spacial score (nSPS) is 17.2. The molecule has 2 N–H and O–H groups in total. The first kappa shape index (κ1) is 18.0. The number of H-pyrrole nitrogens is 1. The monoisotopic (exact) mass is 356 g/mol. The number of hydrogen-bond acceptors (Lipinski definition) is 6. The smallest absolute Gasteiger partial charge is 0.345 e. The number of nitrogens with zero attached hydrogens (tertiary/aromatic N) is 4. The molecule has 2 aromatic heterocycles. The third-order valence-electron chi connectivity index (χ3n) is 4.68. The Morgan fingerprint density at radius 3 is 2.85 bits per heavy atom. The summed E-state index contributed by atoms with van der Waals surface area (Å²) in [5, 5.41) is 3.11. The molecule has 1 saturated heterocycles. The molecule has 1 fully saturated rings. The van der Waals surface area contributed by atoms with Crippen LogP contribution in [0.25, 0.3) is 0 Å². The molecule has 0 aromatic carbocycles. The van der Waals surface area contributed by atoms with Crippen molar-refractivity contribution < 1.29 is 4.79 Å².